The molecule has 2 fully saturated rings. The number of fused-ring (bicyclic) bond motifs is 1. The van der Waals surface area contributed by atoms with Gasteiger partial charge in [-0.05, 0) is 56.0 Å². The number of hydrogen-bond donors (Lipinski definition) is 2. The number of benzene rings is 1. The van der Waals surface area contributed by atoms with Crippen molar-refractivity contribution in [3.05, 3.63) is 28.8 Å². The van der Waals surface area contributed by atoms with E-state index >= 15 is 0 Å². The molecule has 2 saturated heterocycles. The number of nitrogens with zero attached hydrogens (tertiary/aromatic N) is 1. The van der Waals surface area contributed by atoms with E-state index in [0.29, 0.717) is 28.1 Å². The van der Waals surface area contributed by atoms with E-state index < -0.39 is 0 Å². The molecule has 3 rings (SSSR count). The number of rotatable bonds is 3. The summed E-state index contributed by atoms with van der Waals surface area (Å²) in [7, 11) is 0. The van der Waals surface area contributed by atoms with Gasteiger partial charge in [-0.2, -0.15) is 0 Å². The largest absolute Gasteiger partial charge is 0.339 e. The second-order valence-corrected chi connectivity index (χ2v) is 7.79. The summed E-state index contributed by atoms with van der Waals surface area (Å²) in [5.74, 6) is 1.11. The minimum atomic E-state index is -0.117. The van der Waals surface area contributed by atoms with Crippen molar-refractivity contribution in [1.29, 1.82) is 0 Å². The Bertz CT molecular complexity index is 648. The summed E-state index contributed by atoms with van der Waals surface area (Å²) < 4.78 is 0. The minimum absolute atomic E-state index is 0.0430. The van der Waals surface area contributed by atoms with Gasteiger partial charge in [0.15, 0.2) is 0 Å². The highest BCUT2D eigenvalue weighted by Gasteiger charge is 2.32. The number of hydrogen-bond acceptors (Lipinski definition) is 3. The van der Waals surface area contributed by atoms with Gasteiger partial charge in [-0.3, -0.25) is 9.59 Å². The summed E-state index contributed by atoms with van der Waals surface area (Å²) in [5.41, 5.74) is 1.08. The molecule has 0 unspecified atom stereocenters. The lowest BCUT2D eigenvalue weighted by molar-refractivity contribution is -0.118. The van der Waals surface area contributed by atoms with Gasteiger partial charge in [0, 0.05) is 24.7 Å². The summed E-state index contributed by atoms with van der Waals surface area (Å²) >= 11 is 6.28. The van der Waals surface area contributed by atoms with Gasteiger partial charge < -0.3 is 15.5 Å². The molecule has 6 heteroatoms. The van der Waals surface area contributed by atoms with Gasteiger partial charge in [-0.25, -0.2) is 0 Å². The van der Waals surface area contributed by atoms with Gasteiger partial charge in [0.25, 0.3) is 5.91 Å². The first-order valence-electron chi connectivity index (χ1n) is 9.06. The van der Waals surface area contributed by atoms with Crippen molar-refractivity contribution in [2.45, 2.75) is 26.7 Å². The fraction of sp³-hybridized carbons (Fsp3) is 0.579. The van der Waals surface area contributed by atoms with Gasteiger partial charge in [0.2, 0.25) is 5.91 Å². The van der Waals surface area contributed by atoms with Gasteiger partial charge >= 0.3 is 0 Å². The number of nitrogens with one attached hydrogen (secondary N) is 2. The number of amides is 2. The van der Waals surface area contributed by atoms with Crippen molar-refractivity contribution in [1.82, 2.24) is 10.2 Å². The maximum Gasteiger partial charge on any atom is 0.255 e. The molecule has 2 aliphatic rings. The Morgan fingerprint density at radius 1 is 1.20 bits per heavy atom. The lowest BCUT2D eigenvalue weighted by Gasteiger charge is -2.22. The molecule has 136 valence electrons. The summed E-state index contributed by atoms with van der Waals surface area (Å²) in [6.45, 7) is 7.32. The Hall–Kier alpha value is -1.59. The third-order valence-corrected chi connectivity index (χ3v) is 5.62. The van der Waals surface area contributed by atoms with E-state index in [9.17, 15) is 9.59 Å². The molecule has 2 heterocycles. The number of carbonyl (C=O) groups excluding carboxylic acids is 2. The third-order valence-electron chi connectivity index (χ3n) is 5.30. The molecule has 0 aromatic heterocycles. The Kier molecular flexibility index (Phi) is 5.64. The van der Waals surface area contributed by atoms with E-state index in [1.54, 1.807) is 18.2 Å². The second-order valence-electron chi connectivity index (χ2n) is 7.39. The maximum atomic E-state index is 13.0. The monoisotopic (exact) mass is 363 g/mol. The molecule has 0 saturated carbocycles. The lowest BCUT2D eigenvalue weighted by atomic mass is 9.92. The van der Waals surface area contributed by atoms with Crippen LogP contribution in [-0.4, -0.2) is 42.9 Å². The van der Waals surface area contributed by atoms with Crippen LogP contribution in [0.25, 0.3) is 0 Å². The van der Waals surface area contributed by atoms with Crippen LogP contribution in [0.15, 0.2) is 18.2 Å². The first-order chi connectivity index (χ1) is 12.0. The highest BCUT2D eigenvalue weighted by Crippen LogP contribution is 2.29. The minimum Gasteiger partial charge on any atom is -0.339 e. The summed E-state index contributed by atoms with van der Waals surface area (Å²) in [5, 5.41) is 6.71. The van der Waals surface area contributed by atoms with Crippen LogP contribution < -0.4 is 10.6 Å². The molecule has 2 aliphatic heterocycles. The second kappa shape index (κ2) is 7.75. The van der Waals surface area contributed by atoms with Gasteiger partial charge in [-0.15, -0.1) is 0 Å². The SMILES string of the molecule is CC(C)C(=O)Nc1ccc(Cl)c(C(=O)N2CC[C@@H]3CNC[C@@H]3CC2)c1. The zero-order valence-electron chi connectivity index (χ0n) is 14.8. The van der Waals surface area contributed by atoms with Crippen LogP contribution in [0.4, 0.5) is 5.69 Å². The topological polar surface area (TPSA) is 61.4 Å². The van der Waals surface area contributed by atoms with Crippen molar-refractivity contribution in [3.63, 3.8) is 0 Å². The molecule has 2 N–H and O–H groups in total. The average Bonchev–Trinajstić information content (AvgIpc) is 2.94. The molecule has 25 heavy (non-hydrogen) atoms. The van der Waals surface area contributed by atoms with Crippen molar-refractivity contribution < 1.29 is 9.59 Å². The summed E-state index contributed by atoms with van der Waals surface area (Å²) in [6.07, 6.45) is 2.07. The van der Waals surface area contributed by atoms with E-state index in [-0.39, 0.29) is 17.7 Å². The van der Waals surface area contributed by atoms with Crippen LogP contribution in [-0.2, 0) is 4.79 Å². The van der Waals surface area contributed by atoms with Crippen molar-refractivity contribution >= 4 is 29.1 Å². The molecule has 2 amide bonds. The van der Waals surface area contributed by atoms with Crippen LogP contribution in [0, 0.1) is 17.8 Å². The summed E-state index contributed by atoms with van der Waals surface area (Å²) in [6, 6.07) is 5.11. The fourth-order valence-corrected chi connectivity index (χ4v) is 3.84. The van der Waals surface area contributed by atoms with Gasteiger partial charge in [0.05, 0.1) is 10.6 Å². The zero-order chi connectivity index (χ0) is 18.0. The van der Waals surface area contributed by atoms with E-state index in [1.165, 1.54) is 0 Å². The van der Waals surface area contributed by atoms with Crippen LogP contribution in [0.3, 0.4) is 0 Å². The lowest BCUT2D eigenvalue weighted by Crippen LogP contribution is -2.33. The molecule has 2 atom stereocenters. The fourth-order valence-electron chi connectivity index (χ4n) is 3.65. The number of anilines is 1. The highest BCUT2D eigenvalue weighted by molar-refractivity contribution is 6.34. The molecule has 0 aliphatic carbocycles. The predicted octanol–water partition coefficient (Wildman–Crippen LogP) is 3.01. The van der Waals surface area contributed by atoms with Gasteiger partial charge in [0.1, 0.15) is 0 Å². The molecule has 0 bridgehead atoms. The number of likely N-dealkylation sites (tertiary alicyclic amines) is 1. The Morgan fingerprint density at radius 3 is 2.44 bits per heavy atom. The van der Waals surface area contributed by atoms with E-state index in [1.807, 2.05) is 18.7 Å². The average molecular weight is 364 g/mol. The van der Waals surface area contributed by atoms with Crippen LogP contribution in [0.2, 0.25) is 5.02 Å². The Labute approximate surface area is 154 Å². The zero-order valence-corrected chi connectivity index (χ0v) is 15.6. The molecular weight excluding hydrogens is 338 g/mol. The smallest absolute Gasteiger partial charge is 0.255 e. The molecule has 0 spiro atoms. The maximum absolute atomic E-state index is 13.0. The molecular formula is C19H26ClN3O2. The Balaban J connectivity index is 1.73. The normalized spacial score (nSPS) is 23.3. The van der Waals surface area contributed by atoms with Crippen LogP contribution >= 0.6 is 11.6 Å². The molecule has 1 aromatic rings. The quantitative estimate of drug-likeness (QED) is 0.867. The summed E-state index contributed by atoms with van der Waals surface area (Å²) in [4.78, 5) is 26.8. The van der Waals surface area contributed by atoms with E-state index in [0.717, 1.165) is 39.0 Å². The highest BCUT2D eigenvalue weighted by atomic mass is 35.5. The van der Waals surface area contributed by atoms with Crippen LogP contribution in [0.1, 0.15) is 37.0 Å². The van der Waals surface area contributed by atoms with E-state index in [4.69, 9.17) is 11.6 Å². The number of carbonyl (C=O) groups is 2. The first-order valence-corrected chi connectivity index (χ1v) is 9.44. The van der Waals surface area contributed by atoms with Gasteiger partial charge in [-0.1, -0.05) is 25.4 Å². The third kappa shape index (κ3) is 4.15. The number of halogens is 1. The first kappa shape index (κ1) is 18.2. The van der Waals surface area contributed by atoms with E-state index in [2.05, 4.69) is 10.6 Å². The Morgan fingerprint density at radius 2 is 1.84 bits per heavy atom. The molecule has 1 aromatic carbocycles. The molecule has 5 nitrogen and oxygen atoms in total. The predicted molar refractivity (Wildman–Crippen MR) is 99.9 cm³/mol. The van der Waals surface area contributed by atoms with Crippen molar-refractivity contribution in [3.8, 4) is 0 Å². The van der Waals surface area contributed by atoms with Crippen LogP contribution in [0.5, 0.6) is 0 Å². The van der Waals surface area contributed by atoms with Crippen molar-refractivity contribution in [2.24, 2.45) is 17.8 Å². The molecule has 0 radical (unpaired) electrons. The van der Waals surface area contributed by atoms with Crippen molar-refractivity contribution in [2.75, 3.05) is 31.5 Å². The standard InChI is InChI=1S/C19H26ClN3O2/c1-12(2)18(24)22-15-3-4-17(20)16(9-15)19(25)23-7-5-13-10-21-11-14(13)6-8-23/h3-4,9,12-14,21H,5-8,10-11H2,1-2H3,(H,22,24)/t13-,14+.